The third-order valence-electron chi connectivity index (χ3n) is 3.54. The molecule has 0 aliphatic heterocycles. The van der Waals surface area contributed by atoms with Crippen LogP contribution in [0, 0.1) is 6.92 Å². The number of thiazole rings is 1. The van der Waals surface area contributed by atoms with Gasteiger partial charge in [-0.2, -0.15) is 9.97 Å². The van der Waals surface area contributed by atoms with Crippen LogP contribution < -0.4 is 5.32 Å². The molecular formula is C15H15N5OS. The van der Waals surface area contributed by atoms with Gasteiger partial charge < -0.3 is 4.42 Å². The van der Waals surface area contributed by atoms with Crippen LogP contribution in [0.25, 0.3) is 16.1 Å². The van der Waals surface area contributed by atoms with E-state index in [2.05, 4.69) is 46.4 Å². The van der Waals surface area contributed by atoms with Crippen molar-refractivity contribution in [3.63, 3.8) is 0 Å². The molecule has 0 aliphatic rings. The van der Waals surface area contributed by atoms with Crippen LogP contribution in [-0.2, 0) is 0 Å². The lowest BCUT2D eigenvalue weighted by Gasteiger charge is -2.02. The monoisotopic (exact) mass is 313 g/mol. The highest BCUT2D eigenvalue weighted by molar-refractivity contribution is 7.15. The van der Waals surface area contributed by atoms with Crippen molar-refractivity contribution >= 4 is 39.4 Å². The molecule has 0 atom stereocenters. The molecule has 0 saturated carbocycles. The molecule has 0 aliphatic carbocycles. The van der Waals surface area contributed by atoms with Gasteiger partial charge in [0, 0.05) is 5.38 Å². The molecule has 7 heteroatoms. The van der Waals surface area contributed by atoms with E-state index in [1.165, 1.54) is 5.56 Å². The van der Waals surface area contributed by atoms with E-state index in [0.717, 1.165) is 21.8 Å². The van der Waals surface area contributed by atoms with Crippen molar-refractivity contribution in [3.8, 4) is 0 Å². The fourth-order valence-electron chi connectivity index (χ4n) is 2.30. The maximum atomic E-state index is 5.70. The van der Waals surface area contributed by atoms with Crippen LogP contribution in [0.4, 0.5) is 12.0 Å². The van der Waals surface area contributed by atoms with Gasteiger partial charge in [0.2, 0.25) is 4.96 Å². The number of fused-ring (bicyclic) bond motifs is 2. The van der Waals surface area contributed by atoms with Crippen molar-refractivity contribution in [3.05, 3.63) is 34.8 Å². The summed E-state index contributed by atoms with van der Waals surface area (Å²) in [6.07, 6.45) is 0. The van der Waals surface area contributed by atoms with Crippen molar-refractivity contribution in [2.24, 2.45) is 0 Å². The first-order valence-electron chi connectivity index (χ1n) is 7.08. The standard InChI is InChI=1S/C15H15N5OS/c1-8(2)10-4-5-12-11(6-10)16-14(21-12)17-13-18-15-20(19-13)9(3)7-22-15/h4-8H,1-3H3,(H,16,17,19). The van der Waals surface area contributed by atoms with Crippen molar-refractivity contribution in [2.75, 3.05) is 5.32 Å². The normalized spacial score (nSPS) is 11.8. The minimum atomic E-state index is 0.409. The van der Waals surface area contributed by atoms with E-state index in [9.17, 15) is 0 Å². The van der Waals surface area contributed by atoms with Crippen LogP contribution in [0.2, 0.25) is 0 Å². The number of anilines is 2. The van der Waals surface area contributed by atoms with E-state index in [1.54, 1.807) is 15.9 Å². The number of nitrogens with one attached hydrogen (secondary N) is 1. The predicted octanol–water partition coefficient (Wildman–Crippen LogP) is 4.11. The summed E-state index contributed by atoms with van der Waals surface area (Å²) in [4.78, 5) is 9.71. The molecule has 4 aromatic rings. The zero-order chi connectivity index (χ0) is 15.3. The van der Waals surface area contributed by atoms with E-state index < -0.39 is 0 Å². The Morgan fingerprint density at radius 2 is 2.14 bits per heavy atom. The molecule has 3 heterocycles. The third kappa shape index (κ3) is 2.14. The lowest BCUT2D eigenvalue weighted by atomic mass is 10.0. The molecule has 0 radical (unpaired) electrons. The number of nitrogens with zero attached hydrogens (tertiary/aromatic N) is 4. The number of rotatable bonds is 3. The highest BCUT2D eigenvalue weighted by Gasteiger charge is 2.12. The maximum absolute atomic E-state index is 5.70. The van der Waals surface area contributed by atoms with Gasteiger partial charge in [0.05, 0.1) is 5.69 Å². The topological polar surface area (TPSA) is 68.2 Å². The van der Waals surface area contributed by atoms with Crippen molar-refractivity contribution in [2.45, 2.75) is 26.7 Å². The first-order valence-corrected chi connectivity index (χ1v) is 7.96. The first-order chi connectivity index (χ1) is 10.6. The Kier molecular flexibility index (Phi) is 2.90. The highest BCUT2D eigenvalue weighted by atomic mass is 32.1. The zero-order valence-electron chi connectivity index (χ0n) is 12.5. The minimum Gasteiger partial charge on any atom is -0.423 e. The van der Waals surface area contributed by atoms with E-state index >= 15 is 0 Å². The van der Waals surface area contributed by atoms with Crippen LogP contribution in [0.1, 0.15) is 31.0 Å². The van der Waals surface area contributed by atoms with Crippen molar-refractivity contribution < 1.29 is 4.42 Å². The molecular weight excluding hydrogens is 298 g/mol. The summed E-state index contributed by atoms with van der Waals surface area (Å²) in [5.74, 6) is 0.952. The number of oxazole rings is 1. The van der Waals surface area contributed by atoms with Gasteiger partial charge in [0.25, 0.3) is 5.95 Å². The van der Waals surface area contributed by atoms with E-state index in [4.69, 9.17) is 4.42 Å². The average Bonchev–Trinajstić information content (AvgIpc) is 3.14. The quantitative estimate of drug-likeness (QED) is 0.616. The molecule has 3 aromatic heterocycles. The first kappa shape index (κ1) is 13.3. The lowest BCUT2D eigenvalue weighted by Crippen LogP contribution is -1.94. The number of hydrogen-bond donors (Lipinski definition) is 1. The van der Waals surface area contributed by atoms with E-state index in [0.29, 0.717) is 17.9 Å². The third-order valence-corrected chi connectivity index (χ3v) is 4.48. The second kappa shape index (κ2) is 4.81. The summed E-state index contributed by atoms with van der Waals surface area (Å²) >= 11 is 1.55. The smallest absolute Gasteiger partial charge is 0.302 e. The number of aryl methyl sites for hydroxylation is 1. The summed E-state index contributed by atoms with van der Waals surface area (Å²) in [6.45, 7) is 6.31. The molecule has 0 bridgehead atoms. The van der Waals surface area contributed by atoms with Gasteiger partial charge in [0.15, 0.2) is 5.58 Å². The van der Waals surface area contributed by atoms with Gasteiger partial charge in [-0.05, 0) is 30.5 Å². The van der Waals surface area contributed by atoms with Crippen molar-refractivity contribution in [1.29, 1.82) is 0 Å². The van der Waals surface area contributed by atoms with Gasteiger partial charge in [-0.25, -0.2) is 4.52 Å². The molecule has 0 saturated heterocycles. The summed E-state index contributed by atoms with van der Waals surface area (Å²) in [5, 5.41) is 9.44. The van der Waals surface area contributed by atoms with Gasteiger partial charge in [-0.1, -0.05) is 19.9 Å². The molecule has 22 heavy (non-hydrogen) atoms. The lowest BCUT2D eigenvalue weighted by molar-refractivity contribution is 0.621. The Morgan fingerprint density at radius 3 is 2.91 bits per heavy atom. The van der Waals surface area contributed by atoms with Crippen LogP contribution in [0.5, 0.6) is 0 Å². The Hall–Kier alpha value is -2.41. The number of aromatic nitrogens is 4. The molecule has 4 rings (SSSR count). The highest BCUT2D eigenvalue weighted by Crippen LogP contribution is 2.25. The van der Waals surface area contributed by atoms with Crippen LogP contribution >= 0.6 is 11.3 Å². The van der Waals surface area contributed by atoms with E-state index in [-0.39, 0.29) is 0 Å². The number of benzene rings is 1. The zero-order valence-corrected chi connectivity index (χ0v) is 13.3. The average molecular weight is 313 g/mol. The SMILES string of the molecule is Cc1csc2nc(Nc3nc4cc(C(C)C)ccc4o3)nn12. The predicted molar refractivity (Wildman–Crippen MR) is 87.0 cm³/mol. The second-order valence-corrected chi connectivity index (χ2v) is 6.37. The summed E-state index contributed by atoms with van der Waals surface area (Å²) in [5.41, 5.74) is 3.89. The molecule has 112 valence electrons. The van der Waals surface area contributed by atoms with E-state index in [1.807, 2.05) is 18.4 Å². The summed E-state index contributed by atoms with van der Waals surface area (Å²) in [6, 6.07) is 6.48. The molecule has 0 spiro atoms. The van der Waals surface area contributed by atoms with Gasteiger partial charge in [0.1, 0.15) is 5.52 Å². The minimum absolute atomic E-state index is 0.409. The molecule has 6 nitrogen and oxygen atoms in total. The maximum Gasteiger partial charge on any atom is 0.302 e. The Labute approximate surface area is 130 Å². The molecule has 0 fully saturated rings. The van der Waals surface area contributed by atoms with Gasteiger partial charge >= 0.3 is 6.01 Å². The molecule has 0 unspecified atom stereocenters. The summed E-state index contributed by atoms with van der Waals surface area (Å²) < 4.78 is 7.50. The van der Waals surface area contributed by atoms with Gasteiger partial charge in [-0.15, -0.1) is 16.4 Å². The van der Waals surface area contributed by atoms with Crippen LogP contribution in [0.3, 0.4) is 0 Å². The van der Waals surface area contributed by atoms with Crippen LogP contribution in [-0.4, -0.2) is 19.6 Å². The Morgan fingerprint density at radius 1 is 1.27 bits per heavy atom. The molecule has 1 aromatic carbocycles. The number of hydrogen-bond acceptors (Lipinski definition) is 6. The Balaban J connectivity index is 1.68. The van der Waals surface area contributed by atoms with Crippen LogP contribution in [0.15, 0.2) is 28.0 Å². The fourth-order valence-corrected chi connectivity index (χ4v) is 3.10. The largest absolute Gasteiger partial charge is 0.423 e. The molecule has 0 amide bonds. The summed E-state index contributed by atoms with van der Waals surface area (Å²) in [7, 11) is 0. The Bertz CT molecular complexity index is 965. The fraction of sp³-hybridized carbons (Fsp3) is 0.267. The van der Waals surface area contributed by atoms with Crippen molar-refractivity contribution in [1.82, 2.24) is 19.6 Å². The van der Waals surface area contributed by atoms with Gasteiger partial charge in [-0.3, -0.25) is 5.32 Å². The second-order valence-electron chi connectivity index (χ2n) is 5.53. The molecule has 1 N–H and O–H groups in total.